The number of halogens is 3. The molecule has 1 heterocycles. The van der Waals surface area contributed by atoms with E-state index in [1.54, 1.807) is 18.7 Å². The van der Waals surface area contributed by atoms with Crippen molar-refractivity contribution >= 4 is 11.8 Å². The molecule has 0 spiro atoms. The standard InChI is InChI=1S/C12H16F3N5/c1-3-17-11-18-9(12(13,14)15)8-10(19-11)20(4-2)7-5-6-16/h8H,3-5,7H2,1-2H3,(H,17,18,19). The van der Waals surface area contributed by atoms with Crippen LogP contribution in [0.1, 0.15) is 26.0 Å². The van der Waals surface area contributed by atoms with Gasteiger partial charge < -0.3 is 10.2 Å². The van der Waals surface area contributed by atoms with E-state index in [4.69, 9.17) is 5.26 Å². The van der Waals surface area contributed by atoms with Crippen molar-refractivity contribution in [1.82, 2.24) is 9.97 Å². The molecule has 0 aromatic carbocycles. The highest BCUT2D eigenvalue weighted by molar-refractivity contribution is 5.45. The van der Waals surface area contributed by atoms with Crippen LogP contribution in [0, 0.1) is 11.3 Å². The van der Waals surface area contributed by atoms with Crippen LogP contribution in [-0.2, 0) is 6.18 Å². The number of aromatic nitrogens is 2. The number of rotatable bonds is 6. The zero-order valence-electron chi connectivity index (χ0n) is 11.3. The van der Waals surface area contributed by atoms with Crippen LogP contribution in [0.2, 0.25) is 0 Å². The van der Waals surface area contributed by atoms with Crippen LogP contribution in [0.25, 0.3) is 0 Å². The van der Waals surface area contributed by atoms with E-state index >= 15 is 0 Å². The van der Waals surface area contributed by atoms with Crippen LogP contribution in [0.5, 0.6) is 0 Å². The summed E-state index contributed by atoms with van der Waals surface area (Å²) in [5.41, 5.74) is -0.992. The number of nitriles is 1. The molecule has 8 heteroatoms. The van der Waals surface area contributed by atoms with Crippen LogP contribution in [0.3, 0.4) is 0 Å². The first-order chi connectivity index (χ1) is 9.42. The number of hydrogen-bond donors (Lipinski definition) is 1. The first kappa shape index (κ1) is 16.0. The molecule has 5 nitrogen and oxygen atoms in total. The minimum atomic E-state index is -4.53. The molecule has 0 unspecified atom stereocenters. The van der Waals surface area contributed by atoms with Crippen molar-refractivity contribution in [2.75, 3.05) is 29.9 Å². The van der Waals surface area contributed by atoms with Crippen molar-refractivity contribution < 1.29 is 13.2 Å². The number of anilines is 2. The number of hydrogen-bond acceptors (Lipinski definition) is 5. The Hall–Kier alpha value is -2.04. The van der Waals surface area contributed by atoms with Crippen molar-refractivity contribution in [3.8, 4) is 6.07 Å². The Morgan fingerprint density at radius 1 is 1.35 bits per heavy atom. The van der Waals surface area contributed by atoms with Crippen LogP contribution < -0.4 is 10.2 Å². The zero-order chi connectivity index (χ0) is 15.2. The van der Waals surface area contributed by atoms with Crippen molar-refractivity contribution in [1.29, 1.82) is 5.26 Å². The van der Waals surface area contributed by atoms with Gasteiger partial charge >= 0.3 is 6.18 Å². The van der Waals surface area contributed by atoms with Gasteiger partial charge in [0.25, 0.3) is 0 Å². The van der Waals surface area contributed by atoms with E-state index in [9.17, 15) is 13.2 Å². The molecule has 0 atom stereocenters. The third kappa shape index (κ3) is 4.26. The predicted octanol–water partition coefficient (Wildman–Crippen LogP) is 2.67. The number of nitrogens with zero attached hydrogens (tertiary/aromatic N) is 4. The van der Waals surface area contributed by atoms with Gasteiger partial charge in [0, 0.05) is 25.7 Å². The molecule has 1 aromatic heterocycles. The van der Waals surface area contributed by atoms with Crippen molar-refractivity contribution in [3.05, 3.63) is 11.8 Å². The van der Waals surface area contributed by atoms with Gasteiger partial charge in [-0.15, -0.1) is 0 Å². The summed E-state index contributed by atoms with van der Waals surface area (Å²) >= 11 is 0. The maximum atomic E-state index is 12.8. The van der Waals surface area contributed by atoms with Crippen LogP contribution in [0.4, 0.5) is 24.9 Å². The van der Waals surface area contributed by atoms with Crippen LogP contribution in [0.15, 0.2) is 6.07 Å². The lowest BCUT2D eigenvalue weighted by atomic mass is 10.3. The summed E-state index contributed by atoms with van der Waals surface area (Å²) in [6.45, 7) is 4.75. The van der Waals surface area contributed by atoms with Gasteiger partial charge in [-0.2, -0.15) is 23.4 Å². The van der Waals surface area contributed by atoms with E-state index in [0.717, 1.165) is 6.07 Å². The smallest absolute Gasteiger partial charge is 0.356 e. The van der Waals surface area contributed by atoms with Crippen LogP contribution in [-0.4, -0.2) is 29.6 Å². The molecule has 110 valence electrons. The minimum absolute atomic E-state index is 0.0623. The first-order valence-electron chi connectivity index (χ1n) is 6.24. The summed E-state index contributed by atoms with van der Waals surface area (Å²) < 4.78 is 38.5. The van der Waals surface area contributed by atoms with E-state index < -0.39 is 11.9 Å². The van der Waals surface area contributed by atoms with E-state index in [-0.39, 0.29) is 18.2 Å². The van der Waals surface area contributed by atoms with Gasteiger partial charge in [-0.1, -0.05) is 0 Å². The third-order valence-electron chi connectivity index (χ3n) is 2.54. The summed E-state index contributed by atoms with van der Waals surface area (Å²) in [6, 6.07) is 2.87. The molecular weight excluding hydrogens is 271 g/mol. The minimum Gasteiger partial charge on any atom is -0.356 e. The van der Waals surface area contributed by atoms with E-state index in [2.05, 4.69) is 15.3 Å². The Labute approximate surface area is 115 Å². The molecule has 0 bridgehead atoms. The van der Waals surface area contributed by atoms with Crippen molar-refractivity contribution in [2.45, 2.75) is 26.4 Å². The molecular formula is C12H16F3N5. The zero-order valence-corrected chi connectivity index (χ0v) is 11.3. The summed E-state index contributed by atoms with van der Waals surface area (Å²) in [6.07, 6.45) is -4.31. The maximum absolute atomic E-state index is 12.8. The first-order valence-corrected chi connectivity index (χ1v) is 6.24. The molecule has 0 aliphatic carbocycles. The lowest BCUT2D eigenvalue weighted by molar-refractivity contribution is -0.141. The van der Waals surface area contributed by atoms with Gasteiger partial charge in [-0.25, -0.2) is 4.98 Å². The molecule has 0 saturated heterocycles. The van der Waals surface area contributed by atoms with Gasteiger partial charge in [0.1, 0.15) is 5.82 Å². The molecule has 20 heavy (non-hydrogen) atoms. The highest BCUT2D eigenvalue weighted by Crippen LogP contribution is 2.30. The highest BCUT2D eigenvalue weighted by atomic mass is 19.4. The molecule has 1 rings (SSSR count). The second-order valence-electron chi connectivity index (χ2n) is 3.95. The normalized spacial score (nSPS) is 11.0. The SMILES string of the molecule is CCNc1nc(N(CC)CCC#N)cc(C(F)(F)F)n1. The topological polar surface area (TPSA) is 64.8 Å². The van der Waals surface area contributed by atoms with Gasteiger partial charge in [0.05, 0.1) is 12.5 Å². The Morgan fingerprint density at radius 3 is 2.55 bits per heavy atom. The fourth-order valence-corrected chi connectivity index (χ4v) is 1.60. The summed E-state index contributed by atoms with van der Waals surface area (Å²) in [4.78, 5) is 9.12. The van der Waals surface area contributed by atoms with Gasteiger partial charge in [0.2, 0.25) is 5.95 Å². The lowest BCUT2D eigenvalue weighted by Gasteiger charge is -2.22. The molecule has 1 aromatic rings. The summed E-state index contributed by atoms with van der Waals surface area (Å²) in [5, 5.41) is 11.3. The maximum Gasteiger partial charge on any atom is 0.433 e. The summed E-state index contributed by atoms with van der Waals surface area (Å²) in [7, 11) is 0. The van der Waals surface area contributed by atoms with Gasteiger partial charge in [0.15, 0.2) is 5.69 Å². The van der Waals surface area contributed by atoms with Crippen LogP contribution >= 0.6 is 0 Å². The number of nitrogens with one attached hydrogen (secondary N) is 1. The highest BCUT2D eigenvalue weighted by Gasteiger charge is 2.34. The fourth-order valence-electron chi connectivity index (χ4n) is 1.60. The second kappa shape index (κ2) is 6.93. The molecule has 0 amide bonds. The largest absolute Gasteiger partial charge is 0.433 e. The average Bonchev–Trinajstić information content (AvgIpc) is 2.39. The van der Waals surface area contributed by atoms with E-state index in [1.165, 1.54) is 0 Å². The Bertz CT molecular complexity index is 481. The Morgan fingerprint density at radius 2 is 2.05 bits per heavy atom. The fraction of sp³-hybridized carbons (Fsp3) is 0.583. The van der Waals surface area contributed by atoms with Crippen molar-refractivity contribution in [2.24, 2.45) is 0 Å². The van der Waals surface area contributed by atoms with Crippen molar-refractivity contribution in [3.63, 3.8) is 0 Å². The second-order valence-corrected chi connectivity index (χ2v) is 3.95. The molecule has 0 radical (unpaired) electrons. The number of alkyl halides is 3. The molecule has 1 N–H and O–H groups in total. The molecule has 0 aliphatic rings. The van der Waals surface area contributed by atoms with E-state index in [1.807, 2.05) is 6.07 Å². The lowest BCUT2D eigenvalue weighted by Crippen LogP contribution is -2.26. The Kier molecular flexibility index (Phi) is 5.55. The van der Waals surface area contributed by atoms with Gasteiger partial charge in [-0.05, 0) is 13.8 Å². The molecule has 0 fully saturated rings. The molecule has 0 saturated carbocycles. The monoisotopic (exact) mass is 287 g/mol. The molecule has 0 aliphatic heterocycles. The van der Waals surface area contributed by atoms with E-state index in [0.29, 0.717) is 19.6 Å². The summed E-state index contributed by atoms with van der Waals surface area (Å²) in [5.74, 6) is 0.105. The average molecular weight is 287 g/mol. The third-order valence-corrected chi connectivity index (χ3v) is 2.54. The van der Waals surface area contributed by atoms with Gasteiger partial charge in [-0.3, -0.25) is 0 Å². The quantitative estimate of drug-likeness (QED) is 0.871. The Balaban J connectivity index is 3.16. The predicted molar refractivity (Wildman–Crippen MR) is 69.3 cm³/mol.